The highest BCUT2D eigenvalue weighted by Crippen LogP contribution is 2.21. The molecule has 18 heavy (non-hydrogen) atoms. The van der Waals surface area contributed by atoms with Gasteiger partial charge in [-0.05, 0) is 31.4 Å². The first-order chi connectivity index (χ1) is 8.69. The van der Waals surface area contributed by atoms with Gasteiger partial charge in [0.15, 0.2) is 0 Å². The molecular weight excluding hydrogens is 228 g/mol. The van der Waals surface area contributed by atoms with E-state index in [1.165, 1.54) is 11.1 Å². The van der Waals surface area contributed by atoms with Gasteiger partial charge in [-0.2, -0.15) is 0 Å². The monoisotopic (exact) mass is 248 g/mol. The van der Waals surface area contributed by atoms with E-state index in [9.17, 15) is 4.79 Å². The van der Waals surface area contributed by atoms with Crippen molar-refractivity contribution in [3.63, 3.8) is 0 Å². The van der Waals surface area contributed by atoms with Crippen LogP contribution in [0.5, 0.6) is 5.75 Å². The van der Waals surface area contributed by atoms with Gasteiger partial charge >= 0.3 is 0 Å². The van der Waals surface area contributed by atoms with Gasteiger partial charge in [0.05, 0.1) is 13.7 Å². The van der Waals surface area contributed by atoms with Gasteiger partial charge in [0.2, 0.25) is 5.91 Å². The Morgan fingerprint density at radius 3 is 3.00 bits per heavy atom. The van der Waals surface area contributed by atoms with E-state index in [1.807, 2.05) is 12.1 Å². The van der Waals surface area contributed by atoms with Crippen molar-refractivity contribution >= 4 is 5.91 Å². The molecule has 2 rings (SSSR count). The number of piperazine rings is 1. The lowest BCUT2D eigenvalue weighted by Crippen LogP contribution is -2.52. The van der Waals surface area contributed by atoms with Crippen molar-refractivity contribution in [3.8, 4) is 5.75 Å². The molecule has 1 amide bonds. The number of methoxy groups -OCH3 is 1. The summed E-state index contributed by atoms with van der Waals surface area (Å²) in [6.45, 7) is 3.36. The van der Waals surface area contributed by atoms with Crippen LogP contribution in [0.2, 0.25) is 0 Å². The third-order valence-corrected chi connectivity index (χ3v) is 3.24. The summed E-state index contributed by atoms with van der Waals surface area (Å²) in [6, 6.07) is 6.42. The van der Waals surface area contributed by atoms with Crippen LogP contribution in [0.3, 0.4) is 0 Å². The summed E-state index contributed by atoms with van der Waals surface area (Å²) in [5.74, 6) is 1.01. The summed E-state index contributed by atoms with van der Waals surface area (Å²) in [5.41, 5.74) is 2.44. The van der Waals surface area contributed by atoms with Crippen LogP contribution in [0.15, 0.2) is 18.2 Å². The molecule has 1 aliphatic heterocycles. The van der Waals surface area contributed by atoms with Gasteiger partial charge in [-0.1, -0.05) is 17.7 Å². The Morgan fingerprint density at radius 1 is 1.44 bits per heavy atom. The maximum Gasteiger partial charge on any atom is 0.234 e. The highest BCUT2D eigenvalue weighted by molar-refractivity contribution is 5.79. The number of nitrogens with one attached hydrogen (secondary N) is 2. The lowest BCUT2D eigenvalue weighted by molar-refractivity contribution is -0.122. The number of aryl methyl sites for hydroxylation is 2. The van der Waals surface area contributed by atoms with E-state index < -0.39 is 0 Å². The van der Waals surface area contributed by atoms with Crippen LogP contribution in [-0.2, 0) is 11.2 Å². The van der Waals surface area contributed by atoms with Crippen molar-refractivity contribution in [2.45, 2.75) is 25.8 Å². The van der Waals surface area contributed by atoms with E-state index >= 15 is 0 Å². The van der Waals surface area contributed by atoms with E-state index in [1.54, 1.807) is 7.11 Å². The molecule has 0 spiro atoms. The average molecular weight is 248 g/mol. The zero-order valence-corrected chi connectivity index (χ0v) is 11.0. The van der Waals surface area contributed by atoms with Crippen LogP contribution in [0.25, 0.3) is 0 Å². The molecule has 1 atom stereocenters. The molecule has 98 valence electrons. The minimum atomic E-state index is 0.0856. The maximum absolute atomic E-state index is 11.3. The largest absolute Gasteiger partial charge is 0.496 e. The second kappa shape index (κ2) is 5.87. The third-order valence-electron chi connectivity index (χ3n) is 3.24. The van der Waals surface area contributed by atoms with Crippen LogP contribution < -0.4 is 15.4 Å². The Balaban J connectivity index is 1.96. The van der Waals surface area contributed by atoms with Gasteiger partial charge < -0.3 is 15.4 Å². The van der Waals surface area contributed by atoms with Crippen molar-refractivity contribution in [3.05, 3.63) is 29.3 Å². The molecule has 1 unspecified atom stereocenters. The second-order valence-electron chi connectivity index (χ2n) is 4.75. The van der Waals surface area contributed by atoms with Crippen molar-refractivity contribution in [1.29, 1.82) is 0 Å². The van der Waals surface area contributed by atoms with Crippen LogP contribution in [0.4, 0.5) is 0 Å². The SMILES string of the molecule is COc1ccc(C)cc1CCC1CNCC(=O)N1. The Bertz CT molecular complexity index is 432. The van der Waals surface area contributed by atoms with Crippen molar-refractivity contribution in [1.82, 2.24) is 10.6 Å². The minimum absolute atomic E-state index is 0.0856. The molecule has 1 heterocycles. The fourth-order valence-corrected chi connectivity index (χ4v) is 2.30. The maximum atomic E-state index is 11.3. The van der Waals surface area contributed by atoms with Gasteiger partial charge in [-0.15, -0.1) is 0 Å². The fraction of sp³-hybridized carbons (Fsp3) is 0.500. The molecule has 0 aromatic heterocycles. The van der Waals surface area contributed by atoms with E-state index in [2.05, 4.69) is 23.6 Å². The van der Waals surface area contributed by atoms with Gasteiger partial charge in [0.1, 0.15) is 5.75 Å². The number of carbonyl (C=O) groups excluding carboxylic acids is 1. The molecule has 1 fully saturated rings. The Morgan fingerprint density at radius 2 is 2.28 bits per heavy atom. The number of benzene rings is 1. The number of ether oxygens (including phenoxy) is 1. The summed E-state index contributed by atoms with van der Waals surface area (Å²) in [7, 11) is 1.69. The summed E-state index contributed by atoms with van der Waals surface area (Å²) in [4.78, 5) is 11.3. The molecule has 1 aliphatic rings. The molecule has 4 nitrogen and oxygen atoms in total. The summed E-state index contributed by atoms with van der Waals surface area (Å²) in [6.07, 6.45) is 1.84. The zero-order valence-electron chi connectivity index (χ0n) is 11.0. The van der Waals surface area contributed by atoms with Crippen LogP contribution in [-0.4, -0.2) is 32.1 Å². The Labute approximate surface area is 108 Å². The van der Waals surface area contributed by atoms with Gasteiger partial charge in [0.25, 0.3) is 0 Å². The van der Waals surface area contributed by atoms with Crippen LogP contribution >= 0.6 is 0 Å². The molecule has 0 saturated carbocycles. The molecular formula is C14H20N2O2. The number of rotatable bonds is 4. The Hall–Kier alpha value is -1.55. The number of amides is 1. The number of hydrogen-bond donors (Lipinski definition) is 2. The smallest absolute Gasteiger partial charge is 0.234 e. The van der Waals surface area contributed by atoms with Crippen LogP contribution in [0, 0.1) is 6.92 Å². The molecule has 0 radical (unpaired) electrons. The Kier molecular flexibility index (Phi) is 4.20. The molecule has 1 aromatic rings. The number of carbonyl (C=O) groups is 1. The second-order valence-corrected chi connectivity index (χ2v) is 4.75. The summed E-state index contributed by atoms with van der Waals surface area (Å²) >= 11 is 0. The third kappa shape index (κ3) is 3.23. The topological polar surface area (TPSA) is 50.4 Å². The van der Waals surface area contributed by atoms with Crippen LogP contribution in [0.1, 0.15) is 17.5 Å². The lowest BCUT2D eigenvalue weighted by Gasteiger charge is -2.24. The van der Waals surface area contributed by atoms with Crippen molar-refractivity contribution in [2.24, 2.45) is 0 Å². The normalized spacial score (nSPS) is 19.4. The van der Waals surface area contributed by atoms with Gasteiger partial charge in [-0.3, -0.25) is 4.79 Å². The standard InChI is InChI=1S/C14H20N2O2/c1-10-3-6-13(18-2)11(7-10)4-5-12-8-15-9-14(17)16-12/h3,6-7,12,15H,4-5,8-9H2,1-2H3,(H,16,17). The molecule has 1 aromatic carbocycles. The summed E-state index contributed by atoms with van der Waals surface area (Å²) < 4.78 is 5.36. The predicted octanol–water partition coefficient (Wildman–Crippen LogP) is 1.02. The molecule has 1 saturated heterocycles. The quantitative estimate of drug-likeness (QED) is 0.836. The first-order valence-electron chi connectivity index (χ1n) is 6.32. The molecule has 0 bridgehead atoms. The summed E-state index contributed by atoms with van der Waals surface area (Å²) in [5, 5.41) is 6.11. The van der Waals surface area contributed by atoms with Crippen molar-refractivity contribution in [2.75, 3.05) is 20.2 Å². The average Bonchev–Trinajstić information content (AvgIpc) is 2.37. The minimum Gasteiger partial charge on any atom is -0.496 e. The van der Waals surface area contributed by atoms with Gasteiger partial charge in [0, 0.05) is 12.6 Å². The highest BCUT2D eigenvalue weighted by Gasteiger charge is 2.17. The van der Waals surface area contributed by atoms with E-state index in [0.717, 1.165) is 25.1 Å². The van der Waals surface area contributed by atoms with E-state index in [0.29, 0.717) is 6.54 Å². The first-order valence-corrected chi connectivity index (χ1v) is 6.32. The van der Waals surface area contributed by atoms with E-state index in [-0.39, 0.29) is 11.9 Å². The highest BCUT2D eigenvalue weighted by atomic mass is 16.5. The predicted molar refractivity (Wildman–Crippen MR) is 70.9 cm³/mol. The van der Waals surface area contributed by atoms with Gasteiger partial charge in [-0.25, -0.2) is 0 Å². The molecule has 2 N–H and O–H groups in total. The molecule has 4 heteroatoms. The zero-order chi connectivity index (χ0) is 13.0. The molecule has 0 aliphatic carbocycles. The van der Waals surface area contributed by atoms with E-state index in [4.69, 9.17) is 4.74 Å². The first kappa shape index (κ1) is 12.9. The number of hydrogen-bond acceptors (Lipinski definition) is 3. The van der Waals surface area contributed by atoms with Crippen molar-refractivity contribution < 1.29 is 9.53 Å². The lowest BCUT2D eigenvalue weighted by atomic mass is 10.0. The fourth-order valence-electron chi connectivity index (χ4n) is 2.30.